The van der Waals surface area contributed by atoms with Crippen LogP contribution in [-0.4, -0.2) is 42.0 Å². The Kier molecular flexibility index (Phi) is 9.55. The minimum atomic E-state index is 0. The van der Waals surface area contributed by atoms with Crippen LogP contribution in [0.5, 0.6) is 0 Å². The van der Waals surface area contributed by atoms with Crippen molar-refractivity contribution in [1.82, 2.24) is 20.5 Å². The van der Waals surface area contributed by atoms with E-state index >= 15 is 0 Å². The first kappa shape index (κ1) is 21.6. The summed E-state index contributed by atoms with van der Waals surface area (Å²) in [4.78, 5) is 11.3. The van der Waals surface area contributed by atoms with Gasteiger partial charge < -0.3 is 10.6 Å². The number of hydrogen-bond acceptors (Lipinski definition) is 3. The first-order chi connectivity index (χ1) is 12.8. The van der Waals surface area contributed by atoms with E-state index in [0.717, 1.165) is 24.7 Å². The summed E-state index contributed by atoms with van der Waals surface area (Å²) in [7, 11) is 1.82. The quantitative estimate of drug-likeness (QED) is 0.379. The molecule has 2 N–H and O–H groups in total. The zero-order chi connectivity index (χ0) is 18.0. The lowest BCUT2D eigenvalue weighted by atomic mass is 10.0. The number of halogens is 1. The lowest BCUT2D eigenvalue weighted by Gasteiger charge is -2.36. The van der Waals surface area contributed by atoms with E-state index in [2.05, 4.69) is 55.8 Å². The van der Waals surface area contributed by atoms with Gasteiger partial charge in [-0.1, -0.05) is 42.8 Å². The first-order valence-electron chi connectivity index (χ1n) is 9.47. The Balaban J connectivity index is 0.00000261. The van der Waals surface area contributed by atoms with Gasteiger partial charge >= 0.3 is 0 Å². The average molecular weight is 479 g/mol. The fraction of sp³-hybridized carbons (Fsp3) is 0.429. The van der Waals surface area contributed by atoms with Gasteiger partial charge in [-0.2, -0.15) is 0 Å². The topological polar surface area (TPSA) is 52.6 Å². The first-order valence-corrected chi connectivity index (χ1v) is 9.47. The van der Waals surface area contributed by atoms with Gasteiger partial charge in [0.15, 0.2) is 5.96 Å². The molecule has 1 aliphatic rings. The van der Waals surface area contributed by atoms with E-state index in [1.165, 1.54) is 31.4 Å². The summed E-state index contributed by atoms with van der Waals surface area (Å²) < 4.78 is 0. The molecule has 0 bridgehead atoms. The van der Waals surface area contributed by atoms with Crippen molar-refractivity contribution < 1.29 is 0 Å². The van der Waals surface area contributed by atoms with Crippen LogP contribution in [0.1, 0.15) is 30.5 Å². The molecule has 5 nitrogen and oxygen atoms in total. The van der Waals surface area contributed by atoms with Crippen molar-refractivity contribution in [1.29, 1.82) is 0 Å². The predicted octanol–water partition coefficient (Wildman–Crippen LogP) is 3.42. The third-order valence-electron chi connectivity index (χ3n) is 4.87. The Bertz CT molecular complexity index is 677. The lowest BCUT2D eigenvalue weighted by molar-refractivity contribution is 0.141. The Labute approximate surface area is 179 Å². The van der Waals surface area contributed by atoms with Gasteiger partial charge in [0.2, 0.25) is 0 Å². The molecule has 0 spiro atoms. The van der Waals surface area contributed by atoms with Gasteiger partial charge in [-0.15, -0.1) is 24.0 Å². The van der Waals surface area contributed by atoms with Crippen molar-refractivity contribution in [3.05, 3.63) is 66.0 Å². The molecule has 0 radical (unpaired) electrons. The van der Waals surface area contributed by atoms with Gasteiger partial charge in [0.05, 0.1) is 12.2 Å². The molecule has 1 unspecified atom stereocenters. The molecule has 146 valence electrons. The molecule has 1 aromatic heterocycles. The number of likely N-dealkylation sites (tertiary alicyclic amines) is 1. The highest BCUT2D eigenvalue weighted by Crippen LogP contribution is 2.19. The molecule has 6 heteroatoms. The van der Waals surface area contributed by atoms with Crippen LogP contribution in [0.25, 0.3) is 0 Å². The Morgan fingerprint density at radius 2 is 1.93 bits per heavy atom. The molecule has 1 atom stereocenters. The van der Waals surface area contributed by atoms with Gasteiger partial charge in [-0.05, 0) is 37.1 Å². The van der Waals surface area contributed by atoms with Gasteiger partial charge in [-0.25, -0.2) is 0 Å². The Morgan fingerprint density at radius 3 is 2.67 bits per heavy atom. The lowest BCUT2D eigenvalue weighted by Crippen LogP contribution is -2.48. The molecule has 1 saturated heterocycles. The van der Waals surface area contributed by atoms with Crippen molar-refractivity contribution in [2.75, 3.05) is 20.1 Å². The largest absolute Gasteiger partial charge is 0.355 e. The van der Waals surface area contributed by atoms with Crippen LogP contribution in [0.4, 0.5) is 0 Å². The number of nitrogens with one attached hydrogen (secondary N) is 2. The number of guanidine groups is 1. The van der Waals surface area contributed by atoms with Crippen molar-refractivity contribution in [2.45, 2.75) is 38.4 Å². The summed E-state index contributed by atoms with van der Waals surface area (Å²) in [5, 5.41) is 6.84. The zero-order valence-corrected chi connectivity index (χ0v) is 18.3. The van der Waals surface area contributed by atoms with Crippen LogP contribution in [0.15, 0.2) is 59.7 Å². The number of hydrogen-bond donors (Lipinski definition) is 2. The van der Waals surface area contributed by atoms with Crippen LogP contribution in [0.3, 0.4) is 0 Å². The Morgan fingerprint density at radius 1 is 1.11 bits per heavy atom. The fourth-order valence-electron chi connectivity index (χ4n) is 3.43. The summed E-state index contributed by atoms with van der Waals surface area (Å²) in [6, 6.07) is 17.2. The smallest absolute Gasteiger partial charge is 0.191 e. The molecule has 2 aromatic rings. The van der Waals surface area contributed by atoms with E-state index in [-0.39, 0.29) is 24.0 Å². The van der Waals surface area contributed by atoms with Crippen molar-refractivity contribution in [2.24, 2.45) is 4.99 Å². The number of aliphatic imine (C=N–C) groups is 1. The molecule has 27 heavy (non-hydrogen) atoms. The van der Waals surface area contributed by atoms with Crippen LogP contribution in [0.2, 0.25) is 0 Å². The number of rotatable bonds is 6. The highest BCUT2D eigenvalue weighted by atomic mass is 127. The van der Waals surface area contributed by atoms with Crippen molar-refractivity contribution >= 4 is 29.9 Å². The minimum Gasteiger partial charge on any atom is -0.355 e. The normalized spacial score (nSPS) is 17.8. The molecule has 1 aromatic carbocycles. The molecule has 0 aliphatic carbocycles. The van der Waals surface area contributed by atoms with Gasteiger partial charge in [-0.3, -0.25) is 14.9 Å². The summed E-state index contributed by atoms with van der Waals surface area (Å²) >= 11 is 0. The summed E-state index contributed by atoms with van der Waals surface area (Å²) in [6.45, 7) is 3.78. The van der Waals surface area contributed by atoms with Crippen LogP contribution < -0.4 is 10.6 Å². The van der Waals surface area contributed by atoms with Crippen LogP contribution >= 0.6 is 24.0 Å². The predicted molar refractivity (Wildman–Crippen MR) is 122 cm³/mol. The fourth-order valence-corrected chi connectivity index (χ4v) is 3.43. The van der Waals surface area contributed by atoms with Crippen LogP contribution in [-0.2, 0) is 13.1 Å². The number of nitrogens with zero attached hydrogens (tertiary/aromatic N) is 3. The molecule has 2 heterocycles. The van der Waals surface area contributed by atoms with Gasteiger partial charge in [0.25, 0.3) is 0 Å². The second kappa shape index (κ2) is 11.9. The van der Waals surface area contributed by atoms with E-state index in [1.807, 2.05) is 31.4 Å². The molecular formula is C21H30IN5. The third-order valence-corrected chi connectivity index (χ3v) is 4.87. The molecule has 3 rings (SSSR count). The van der Waals surface area contributed by atoms with E-state index in [4.69, 9.17) is 0 Å². The zero-order valence-electron chi connectivity index (χ0n) is 16.0. The SMILES string of the molecule is CN=C(NCc1ccccn1)NCC1CCCCN1Cc1ccccc1.I. The maximum atomic E-state index is 4.34. The highest BCUT2D eigenvalue weighted by molar-refractivity contribution is 14.0. The average Bonchev–Trinajstić information content (AvgIpc) is 2.71. The van der Waals surface area contributed by atoms with Crippen LogP contribution in [0, 0.1) is 0 Å². The van der Waals surface area contributed by atoms with E-state index in [0.29, 0.717) is 12.6 Å². The Hall–Kier alpha value is -1.67. The molecule has 0 amide bonds. The van der Waals surface area contributed by atoms with E-state index in [9.17, 15) is 0 Å². The summed E-state index contributed by atoms with van der Waals surface area (Å²) in [5.74, 6) is 0.834. The number of benzene rings is 1. The maximum Gasteiger partial charge on any atom is 0.191 e. The summed E-state index contributed by atoms with van der Waals surface area (Å²) in [6.07, 6.45) is 5.64. The third kappa shape index (κ3) is 7.10. The monoisotopic (exact) mass is 479 g/mol. The van der Waals surface area contributed by atoms with Gasteiger partial charge in [0.1, 0.15) is 0 Å². The van der Waals surface area contributed by atoms with Crippen molar-refractivity contribution in [3.8, 4) is 0 Å². The standard InChI is InChI=1S/C21H29N5.HI/c1-22-21(24-15-19-11-5-7-13-23-19)25-16-20-12-6-8-14-26(20)17-18-9-3-2-4-10-18;/h2-5,7,9-11,13,20H,6,8,12,14-17H2,1H3,(H2,22,24,25);1H. The number of piperidine rings is 1. The van der Waals surface area contributed by atoms with Crippen molar-refractivity contribution in [3.63, 3.8) is 0 Å². The number of pyridine rings is 1. The minimum absolute atomic E-state index is 0. The molecular weight excluding hydrogens is 449 g/mol. The molecule has 1 fully saturated rings. The molecule has 0 saturated carbocycles. The van der Waals surface area contributed by atoms with E-state index < -0.39 is 0 Å². The second-order valence-electron chi connectivity index (χ2n) is 6.73. The van der Waals surface area contributed by atoms with E-state index in [1.54, 1.807) is 0 Å². The van der Waals surface area contributed by atoms with Gasteiger partial charge in [0, 0.05) is 32.4 Å². The maximum absolute atomic E-state index is 4.34. The highest BCUT2D eigenvalue weighted by Gasteiger charge is 2.22. The molecule has 1 aliphatic heterocycles. The number of aromatic nitrogens is 1. The second-order valence-corrected chi connectivity index (χ2v) is 6.73. The summed E-state index contributed by atoms with van der Waals surface area (Å²) in [5.41, 5.74) is 2.40.